The van der Waals surface area contributed by atoms with Gasteiger partial charge in [-0.25, -0.2) is 8.78 Å². The van der Waals surface area contributed by atoms with E-state index in [2.05, 4.69) is 16.3 Å². The summed E-state index contributed by atoms with van der Waals surface area (Å²) in [6, 6.07) is 8.74. The first-order valence-electron chi connectivity index (χ1n) is 14.4. The van der Waals surface area contributed by atoms with Crippen molar-refractivity contribution in [3.8, 4) is 11.5 Å². The van der Waals surface area contributed by atoms with E-state index in [9.17, 15) is 8.78 Å². The molecule has 6 nitrogen and oxygen atoms in total. The number of anilines is 2. The van der Waals surface area contributed by atoms with Gasteiger partial charge in [-0.1, -0.05) is 6.07 Å². The lowest BCUT2D eigenvalue weighted by molar-refractivity contribution is 0.254. The van der Waals surface area contributed by atoms with E-state index in [1.807, 2.05) is 11.0 Å². The number of aromatic nitrogens is 1. The number of aryl methyl sites for hydroxylation is 1. The maximum Gasteiger partial charge on any atom is 0.182 e. The average molecular weight is 537 g/mol. The van der Waals surface area contributed by atoms with Gasteiger partial charge in [-0.2, -0.15) is 0 Å². The molecule has 208 valence electrons. The summed E-state index contributed by atoms with van der Waals surface area (Å²) in [7, 11) is 1.69. The molecule has 0 radical (unpaired) electrons. The first kappa shape index (κ1) is 26.1. The predicted molar refractivity (Wildman–Crippen MR) is 151 cm³/mol. The molecule has 2 fully saturated rings. The zero-order valence-corrected chi connectivity index (χ0v) is 22.8. The van der Waals surface area contributed by atoms with Crippen LogP contribution in [0.2, 0.25) is 0 Å². The zero-order valence-electron chi connectivity index (χ0n) is 22.8. The zero-order chi connectivity index (χ0) is 26.8. The summed E-state index contributed by atoms with van der Waals surface area (Å²) in [6.07, 6.45) is 8.35. The van der Waals surface area contributed by atoms with Crippen molar-refractivity contribution >= 4 is 22.3 Å². The minimum absolute atomic E-state index is 0.237. The predicted octanol–water partition coefficient (Wildman–Crippen LogP) is 5.96. The monoisotopic (exact) mass is 536 g/mol. The Labute approximate surface area is 229 Å². The molecule has 3 aliphatic rings. The molecule has 39 heavy (non-hydrogen) atoms. The second-order valence-corrected chi connectivity index (χ2v) is 11.0. The van der Waals surface area contributed by atoms with Crippen molar-refractivity contribution in [3.05, 3.63) is 53.2 Å². The van der Waals surface area contributed by atoms with E-state index in [1.54, 1.807) is 19.2 Å². The summed E-state index contributed by atoms with van der Waals surface area (Å²) in [5.74, 6) is -0.0883. The Morgan fingerprint density at radius 3 is 2.62 bits per heavy atom. The number of hydrogen-bond donors (Lipinski definition) is 1. The fourth-order valence-corrected chi connectivity index (χ4v) is 6.39. The van der Waals surface area contributed by atoms with E-state index in [-0.39, 0.29) is 6.04 Å². The largest absolute Gasteiger partial charge is 0.493 e. The van der Waals surface area contributed by atoms with Crippen molar-refractivity contribution in [3.63, 3.8) is 0 Å². The van der Waals surface area contributed by atoms with Crippen LogP contribution in [0.15, 0.2) is 30.3 Å². The van der Waals surface area contributed by atoms with Gasteiger partial charge in [-0.15, -0.1) is 0 Å². The summed E-state index contributed by atoms with van der Waals surface area (Å²) in [5, 5.41) is 4.89. The highest BCUT2D eigenvalue weighted by Gasteiger charge is 2.26. The molecule has 0 bridgehead atoms. The van der Waals surface area contributed by atoms with Gasteiger partial charge in [0.2, 0.25) is 0 Å². The van der Waals surface area contributed by atoms with Gasteiger partial charge >= 0.3 is 0 Å². The van der Waals surface area contributed by atoms with Crippen molar-refractivity contribution in [2.45, 2.75) is 57.4 Å². The standard InChI is InChI=1S/C31H38F2N4O2/c1-38-28-19-23-26(20-29(28)39-18-6-15-36-13-2-3-14-36)35-25-9-4-7-22(25)31(23)34-21-11-16-37(17-12-21)27-10-5-8-24(32)30(27)33/h5,8,10,19-21H,2-4,6-7,9,11-18H2,1H3,(H,34,35). The lowest BCUT2D eigenvalue weighted by Gasteiger charge is -2.35. The highest BCUT2D eigenvalue weighted by atomic mass is 19.2. The molecule has 2 aliphatic heterocycles. The Bertz CT molecular complexity index is 1320. The number of likely N-dealkylation sites (tertiary alicyclic amines) is 1. The number of nitrogens with one attached hydrogen (secondary N) is 1. The number of benzene rings is 2. The lowest BCUT2D eigenvalue weighted by Crippen LogP contribution is -2.39. The average Bonchev–Trinajstić information content (AvgIpc) is 3.65. The first-order chi connectivity index (χ1) is 19.1. The van der Waals surface area contributed by atoms with E-state index >= 15 is 0 Å². The summed E-state index contributed by atoms with van der Waals surface area (Å²) >= 11 is 0. The molecule has 0 saturated carbocycles. The van der Waals surface area contributed by atoms with Crippen LogP contribution < -0.4 is 19.7 Å². The maximum atomic E-state index is 14.4. The molecular formula is C31H38F2N4O2. The first-order valence-corrected chi connectivity index (χ1v) is 14.4. The topological polar surface area (TPSA) is 49.9 Å². The molecule has 0 unspecified atom stereocenters. The fraction of sp³-hybridized carbons (Fsp3) is 0.516. The van der Waals surface area contributed by atoms with E-state index in [1.165, 1.54) is 37.6 Å². The van der Waals surface area contributed by atoms with Crippen LogP contribution in [0, 0.1) is 11.6 Å². The number of fused-ring (bicyclic) bond motifs is 2. The summed E-state index contributed by atoms with van der Waals surface area (Å²) in [6.45, 7) is 5.46. The molecule has 8 heteroatoms. The summed E-state index contributed by atoms with van der Waals surface area (Å²) in [4.78, 5) is 9.49. The van der Waals surface area contributed by atoms with Gasteiger partial charge in [0.15, 0.2) is 23.1 Å². The van der Waals surface area contributed by atoms with E-state index in [0.717, 1.165) is 78.9 Å². The molecular weight excluding hydrogens is 498 g/mol. The third-order valence-corrected chi connectivity index (χ3v) is 8.49. The number of ether oxygens (including phenoxy) is 2. The Hall–Kier alpha value is -3.13. The van der Waals surface area contributed by atoms with Crippen LogP contribution in [0.3, 0.4) is 0 Å². The molecule has 3 aromatic rings. The van der Waals surface area contributed by atoms with Crippen molar-refractivity contribution in [1.29, 1.82) is 0 Å². The van der Waals surface area contributed by atoms with Crippen molar-refractivity contribution in [1.82, 2.24) is 9.88 Å². The number of halogens is 2. The Morgan fingerprint density at radius 2 is 1.82 bits per heavy atom. The van der Waals surface area contributed by atoms with Crippen molar-refractivity contribution in [2.75, 3.05) is 56.7 Å². The third-order valence-electron chi connectivity index (χ3n) is 8.49. The SMILES string of the molecule is COc1cc2c(NC3CCN(c4cccc(F)c4F)CC3)c3c(nc2cc1OCCCN1CCCC1)CCC3. The quantitative estimate of drug-likeness (QED) is 0.341. The van der Waals surface area contributed by atoms with Crippen LogP contribution in [-0.2, 0) is 12.8 Å². The molecule has 0 amide bonds. The van der Waals surface area contributed by atoms with Gasteiger partial charge in [0.25, 0.3) is 0 Å². The highest BCUT2D eigenvalue weighted by molar-refractivity contribution is 5.96. The molecule has 6 rings (SSSR count). The van der Waals surface area contributed by atoms with Crippen LogP contribution in [0.4, 0.5) is 20.2 Å². The molecule has 0 spiro atoms. The maximum absolute atomic E-state index is 14.4. The van der Waals surface area contributed by atoms with E-state index in [0.29, 0.717) is 25.4 Å². The number of nitrogens with zero attached hydrogens (tertiary/aromatic N) is 3. The van der Waals surface area contributed by atoms with Gasteiger partial charge in [0, 0.05) is 48.5 Å². The molecule has 3 heterocycles. The number of pyridine rings is 1. The van der Waals surface area contributed by atoms with Gasteiger partial charge in [-0.05, 0) is 88.2 Å². The molecule has 1 aliphatic carbocycles. The number of methoxy groups -OCH3 is 1. The Morgan fingerprint density at radius 1 is 1.00 bits per heavy atom. The minimum atomic E-state index is -0.796. The van der Waals surface area contributed by atoms with Crippen molar-refractivity contribution < 1.29 is 18.3 Å². The van der Waals surface area contributed by atoms with Gasteiger partial charge in [0.1, 0.15) is 0 Å². The minimum Gasteiger partial charge on any atom is -0.493 e. The second kappa shape index (κ2) is 11.5. The van der Waals surface area contributed by atoms with E-state index in [4.69, 9.17) is 14.5 Å². The summed E-state index contributed by atoms with van der Waals surface area (Å²) < 4.78 is 40.1. The molecule has 0 atom stereocenters. The Balaban J connectivity index is 1.19. The van der Waals surface area contributed by atoms with Crippen LogP contribution in [-0.4, -0.2) is 62.4 Å². The van der Waals surface area contributed by atoms with Gasteiger partial charge in [0.05, 0.1) is 24.9 Å². The highest BCUT2D eigenvalue weighted by Crippen LogP contribution is 2.40. The van der Waals surface area contributed by atoms with Crippen LogP contribution in [0.25, 0.3) is 10.9 Å². The molecule has 2 aromatic carbocycles. The van der Waals surface area contributed by atoms with Crippen LogP contribution in [0.1, 0.15) is 49.8 Å². The lowest BCUT2D eigenvalue weighted by atomic mass is 10.0. The second-order valence-electron chi connectivity index (χ2n) is 11.0. The summed E-state index contributed by atoms with van der Waals surface area (Å²) in [5.41, 5.74) is 4.87. The number of rotatable bonds is 9. The fourth-order valence-electron chi connectivity index (χ4n) is 6.39. The smallest absolute Gasteiger partial charge is 0.182 e. The van der Waals surface area contributed by atoms with Gasteiger partial charge in [-0.3, -0.25) is 4.98 Å². The van der Waals surface area contributed by atoms with Crippen molar-refractivity contribution in [2.24, 2.45) is 0 Å². The molecule has 2 saturated heterocycles. The van der Waals surface area contributed by atoms with Gasteiger partial charge < -0.3 is 24.6 Å². The Kier molecular flexibility index (Phi) is 7.73. The molecule has 1 aromatic heterocycles. The number of hydrogen-bond acceptors (Lipinski definition) is 6. The van der Waals surface area contributed by atoms with E-state index < -0.39 is 11.6 Å². The van der Waals surface area contributed by atoms with Crippen LogP contribution >= 0.6 is 0 Å². The molecule has 1 N–H and O–H groups in total. The number of piperidine rings is 1. The third kappa shape index (κ3) is 5.49. The normalized spacial score (nSPS) is 18.1. The van der Waals surface area contributed by atoms with Crippen LogP contribution in [0.5, 0.6) is 11.5 Å².